The molecular weight excluding hydrogens is 284 g/mol. The van der Waals surface area contributed by atoms with Gasteiger partial charge >= 0.3 is 5.97 Å². The van der Waals surface area contributed by atoms with E-state index in [1.165, 1.54) is 6.20 Å². The lowest BCUT2D eigenvalue weighted by Crippen LogP contribution is -2.49. The van der Waals surface area contributed by atoms with Gasteiger partial charge in [0.15, 0.2) is 0 Å². The zero-order valence-electron chi connectivity index (χ0n) is 14.0. The molecule has 1 rings (SSSR count). The maximum absolute atomic E-state index is 12.2. The number of esters is 1. The van der Waals surface area contributed by atoms with Crippen LogP contribution in [0, 0.1) is 0 Å². The minimum atomic E-state index is -1.19. The van der Waals surface area contributed by atoms with Gasteiger partial charge in [0.25, 0.3) is 5.91 Å². The fraction of sp³-hybridized carbons (Fsp3) is 0.562. The van der Waals surface area contributed by atoms with Crippen molar-refractivity contribution in [3.8, 4) is 0 Å². The summed E-state index contributed by atoms with van der Waals surface area (Å²) in [5, 5.41) is 2.54. The van der Waals surface area contributed by atoms with Gasteiger partial charge in [0.05, 0.1) is 11.2 Å². The second-order valence-corrected chi connectivity index (χ2v) is 6.86. The first kappa shape index (κ1) is 18.1. The first-order valence-corrected chi connectivity index (χ1v) is 7.09. The second-order valence-electron chi connectivity index (χ2n) is 6.86. The molecule has 6 nitrogen and oxygen atoms in total. The van der Waals surface area contributed by atoms with Crippen molar-refractivity contribution in [1.82, 2.24) is 10.3 Å². The monoisotopic (exact) mass is 308 g/mol. The third-order valence-corrected chi connectivity index (χ3v) is 2.28. The molecule has 1 atom stereocenters. The minimum absolute atomic E-state index is 0.341. The third-order valence-electron chi connectivity index (χ3n) is 2.28. The number of aromatic nitrogens is 1. The normalized spacial score (nSPS) is 13.4. The molecule has 0 bridgehead atoms. The van der Waals surface area contributed by atoms with Gasteiger partial charge < -0.3 is 14.8 Å². The smallest absolute Gasteiger partial charge is 0.357 e. The van der Waals surface area contributed by atoms with Crippen molar-refractivity contribution < 1.29 is 19.1 Å². The molecule has 1 amide bonds. The van der Waals surface area contributed by atoms with Crippen molar-refractivity contribution in [2.75, 3.05) is 0 Å². The van der Waals surface area contributed by atoms with Gasteiger partial charge in [-0.2, -0.15) is 0 Å². The molecule has 122 valence electrons. The van der Waals surface area contributed by atoms with Gasteiger partial charge in [-0.3, -0.25) is 9.78 Å². The summed E-state index contributed by atoms with van der Waals surface area (Å²) in [6.07, 6.45) is 1.79. The van der Waals surface area contributed by atoms with Crippen molar-refractivity contribution in [2.45, 2.75) is 59.0 Å². The molecule has 6 heteroatoms. The highest BCUT2D eigenvalue weighted by atomic mass is 16.6. The molecule has 1 N–H and O–H groups in total. The van der Waals surface area contributed by atoms with Crippen LogP contribution in [0.1, 0.15) is 51.9 Å². The summed E-state index contributed by atoms with van der Waals surface area (Å²) in [7, 11) is 0. The lowest BCUT2D eigenvalue weighted by Gasteiger charge is -2.29. The Hall–Kier alpha value is -1.95. The largest absolute Gasteiger partial charge is 0.457 e. The van der Waals surface area contributed by atoms with Gasteiger partial charge in [-0.05, 0) is 53.7 Å². The van der Waals surface area contributed by atoms with Crippen LogP contribution in [0.15, 0.2) is 24.5 Å². The number of hydrogen-bond donors (Lipinski definition) is 1. The van der Waals surface area contributed by atoms with Crippen molar-refractivity contribution in [3.63, 3.8) is 0 Å². The van der Waals surface area contributed by atoms with E-state index in [4.69, 9.17) is 9.47 Å². The summed E-state index contributed by atoms with van der Waals surface area (Å²) in [6.45, 7) is 10.6. The van der Waals surface area contributed by atoms with E-state index in [-0.39, 0.29) is 0 Å². The lowest BCUT2D eigenvalue weighted by atomic mass is 10.2. The molecule has 22 heavy (non-hydrogen) atoms. The van der Waals surface area contributed by atoms with Crippen LogP contribution in [0.3, 0.4) is 0 Å². The SMILES string of the molecule is CC(C)(C)OC(=O)[C@@H](NC(=O)c1cccnc1)OC(C)(C)C. The van der Waals surface area contributed by atoms with Crippen LogP contribution in [-0.4, -0.2) is 34.3 Å². The fourth-order valence-corrected chi connectivity index (χ4v) is 1.54. The number of nitrogens with one attached hydrogen (secondary N) is 1. The first-order chi connectivity index (χ1) is 9.98. The molecule has 1 aromatic rings. The topological polar surface area (TPSA) is 77.5 Å². The zero-order chi connectivity index (χ0) is 17.0. The van der Waals surface area contributed by atoms with Crippen LogP contribution in [0.5, 0.6) is 0 Å². The molecule has 0 spiro atoms. The number of pyridine rings is 1. The molecule has 0 aromatic carbocycles. The van der Waals surface area contributed by atoms with Crippen LogP contribution < -0.4 is 5.32 Å². The molecule has 0 aliphatic heterocycles. The summed E-state index contributed by atoms with van der Waals surface area (Å²) >= 11 is 0. The molecule has 0 fully saturated rings. The molecule has 0 aliphatic rings. The molecule has 0 saturated heterocycles. The standard InChI is InChI=1S/C16H24N2O4/c1-15(2,3)21-13(14(20)22-16(4,5)6)18-12(19)11-8-7-9-17-10-11/h7-10,13H,1-6H3,(H,18,19)/t13-/m0/s1. The maximum atomic E-state index is 12.2. The summed E-state index contributed by atoms with van der Waals surface area (Å²) in [6, 6.07) is 3.24. The molecular formula is C16H24N2O4. The van der Waals surface area contributed by atoms with Gasteiger partial charge in [-0.15, -0.1) is 0 Å². The molecule has 1 aromatic heterocycles. The van der Waals surface area contributed by atoms with Gasteiger partial charge in [0.1, 0.15) is 5.60 Å². The predicted molar refractivity (Wildman–Crippen MR) is 82.2 cm³/mol. The fourth-order valence-electron chi connectivity index (χ4n) is 1.54. The number of carbonyl (C=O) groups is 2. The van der Waals surface area contributed by atoms with E-state index in [0.29, 0.717) is 5.56 Å². The van der Waals surface area contributed by atoms with Gasteiger partial charge in [-0.1, -0.05) is 0 Å². The Morgan fingerprint density at radius 2 is 1.77 bits per heavy atom. The third kappa shape index (κ3) is 6.67. The van der Waals surface area contributed by atoms with Crippen LogP contribution in [0.2, 0.25) is 0 Å². The van der Waals surface area contributed by atoms with E-state index in [9.17, 15) is 9.59 Å². The Labute approximate surface area is 131 Å². The number of nitrogens with zero attached hydrogens (tertiary/aromatic N) is 1. The number of amides is 1. The Kier molecular flexibility index (Phi) is 5.65. The lowest BCUT2D eigenvalue weighted by molar-refractivity contribution is -0.179. The van der Waals surface area contributed by atoms with Gasteiger partial charge in [0, 0.05) is 12.4 Å². The summed E-state index contributed by atoms with van der Waals surface area (Å²) in [5.74, 6) is -1.09. The molecule has 1 heterocycles. The Morgan fingerprint density at radius 3 is 2.23 bits per heavy atom. The van der Waals surface area contributed by atoms with Gasteiger partial charge in [-0.25, -0.2) is 4.79 Å². The number of hydrogen-bond acceptors (Lipinski definition) is 5. The van der Waals surface area contributed by atoms with E-state index in [0.717, 1.165) is 0 Å². The Bertz CT molecular complexity index is 515. The highest BCUT2D eigenvalue weighted by molar-refractivity contribution is 5.96. The summed E-state index contributed by atoms with van der Waals surface area (Å²) in [4.78, 5) is 28.3. The highest BCUT2D eigenvalue weighted by Gasteiger charge is 2.31. The van der Waals surface area contributed by atoms with Crippen molar-refractivity contribution in [2.24, 2.45) is 0 Å². The minimum Gasteiger partial charge on any atom is -0.457 e. The average molecular weight is 308 g/mol. The van der Waals surface area contributed by atoms with E-state index < -0.39 is 29.3 Å². The second kappa shape index (κ2) is 6.87. The molecule has 0 aliphatic carbocycles. The number of carbonyl (C=O) groups excluding carboxylic acids is 2. The van der Waals surface area contributed by atoms with Crippen LogP contribution in [0.4, 0.5) is 0 Å². The highest BCUT2D eigenvalue weighted by Crippen LogP contribution is 2.14. The number of ether oxygens (including phenoxy) is 2. The summed E-state index contributed by atoms with van der Waals surface area (Å²) < 4.78 is 10.9. The van der Waals surface area contributed by atoms with Crippen LogP contribution in [-0.2, 0) is 14.3 Å². The van der Waals surface area contributed by atoms with Gasteiger partial charge in [0.2, 0.25) is 6.23 Å². The summed E-state index contributed by atoms with van der Waals surface area (Å²) in [5.41, 5.74) is -0.951. The Morgan fingerprint density at radius 1 is 1.14 bits per heavy atom. The van der Waals surface area contributed by atoms with Crippen LogP contribution in [0.25, 0.3) is 0 Å². The first-order valence-electron chi connectivity index (χ1n) is 7.09. The predicted octanol–water partition coefficient (Wildman–Crippen LogP) is 2.29. The molecule has 0 saturated carbocycles. The average Bonchev–Trinajstić information content (AvgIpc) is 2.35. The quantitative estimate of drug-likeness (QED) is 0.682. The van der Waals surface area contributed by atoms with Crippen molar-refractivity contribution in [1.29, 1.82) is 0 Å². The zero-order valence-corrected chi connectivity index (χ0v) is 14.0. The van der Waals surface area contributed by atoms with Crippen molar-refractivity contribution in [3.05, 3.63) is 30.1 Å². The van der Waals surface area contributed by atoms with E-state index in [2.05, 4.69) is 10.3 Å². The van der Waals surface area contributed by atoms with E-state index in [1.807, 2.05) is 0 Å². The van der Waals surface area contributed by atoms with E-state index in [1.54, 1.807) is 59.9 Å². The van der Waals surface area contributed by atoms with Crippen molar-refractivity contribution >= 4 is 11.9 Å². The van der Waals surface area contributed by atoms with Crippen LogP contribution >= 0.6 is 0 Å². The van der Waals surface area contributed by atoms with E-state index >= 15 is 0 Å². The number of rotatable bonds is 4. The Balaban J connectivity index is 2.87. The maximum Gasteiger partial charge on any atom is 0.357 e. The molecule has 0 radical (unpaired) electrons. The molecule has 0 unspecified atom stereocenters.